The van der Waals surface area contributed by atoms with Crippen LogP contribution in [0.3, 0.4) is 0 Å². The Labute approximate surface area is 106 Å². The minimum atomic E-state index is -0.165. The number of phenols is 1. The number of nitrogens with zero attached hydrogens (tertiary/aromatic N) is 1. The highest BCUT2D eigenvalue weighted by Crippen LogP contribution is 2.17. The molecule has 18 heavy (non-hydrogen) atoms. The van der Waals surface area contributed by atoms with Gasteiger partial charge >= 0.3 is 0 Å². The van der Waals surface area contributed by atoms with Crippen molar-refractivity contribution in [3.8, 4) is 5.75 Å². The van der Waals surface area contributed by atoms with Gasteiger partial charge in [-0.2, -0.15) is 0 Å². The summed E-state index contributed by atoms with van der Waals surface area (Å²) in [5, 5.41) is 11.9. The van der Waals surface area contributed by atoms with E-state index in [0.29, 0.717) is 17.7 Å². The van der Waals surface area contributed by atoms with Crippen molar-refractivity contribution in [2.75, 3.05) is 20.6 Å². The second-order valence-corrected chi connectivity index (χ2v) is 4.15. The molecule has 0 radical (unpaired) electrons. The van der Waals surface area contributed by atoms with Gasteiger partial charge in [0, 0.05) is 32.6 Å². The van der Waals surface area contributed by atoms with Crippen LogP contribution < -0.4 is 5.32 Å². The first-order valence-corrected chi connectivity index (χ1v) is 5.71. The lowest BCUT2D eigenvalue weighted by Crippen LogP contribution is -2.31. The molecular formula is C13H18N2O3. The summed E-state index contributed by atoms with van der Waals surface area (Å²) in [4.78, 5) is 24.6. The van der Waals surface area contributed by atoms with Gasteiger partial charge in [-0.1, -0.05) is 0 Å². The summed E-state index contributed by atoms with van der Waals surface area (Å²) in [5.74, 6) is -0.0990. The maximum Gasteiger partial charge on any atom is 0.253 e. The molecule has 0 fully saturated rings. The lowest BCUT2D eigenvalue weighted by atomic mass is 10.1. The Balaban J connectivity index is 2.68. The molecule has 0 spiro atoms. The first-order valence-electron chi connectivity index (χ1n) is 5.71. The topological polar surface area (TPSA) is 69.6 Å². The molecule has 1 aromatic rings. The number of aryl methyl sites for hydroxylation is 1. The standard InChI is InChI=1S/C13H18N2O3/c1-9-8-10(4-5-11(9)16)13(18)15(3)7-6-12(17)14-2/h4-5,8,16H,6-7H2,1-3H3,(H,14,17). The van der Waals surface area contributed by atoms with E-state index in [-0.39, 0.29) is 24.0 Å². The van der Waals surface area contributed by atoms with Gasteiger partial charge in [0.2, 0.25) is 5.91 Å². The van der Waals surface area contributed by atoms with E-state index in [1.54, 1.807) is 33.2 Å². The first kappa shape index (κ1) is 14.0. The van der Waals surface area contributed by atoms with Crippen LogP contribution in [0.5, 0.6) is 5.75 Å². The molecule has 5 heteroatoms. The summed E-state index contributed by atoms with van der Waals surface area (Å²) in [6, 6.07) is 4.70. The zero-order valence-electron chi connectivity index (χ0n) is 10.9. The SMILES string of the molecule is CNC(=O)CCN(C)C(=O)c1ccc(O)c(C)c1. The van der Waals surface area contributed by atoms with Crippen molar-refractivity contribution in [2.45, 2.75) is 13.3 Å². The number of amides is 2. The number of hydrogen-bond acceptors (Lipinski definition) is 3. The average molecular weight is 250 g/mol. The quantitative estimate of drug-likeness (QED) is 0.834. The van der Waals surface area contributed by atoms with Gasteiger partial charge in [-0.05, 0) is 30.7 Å². The molecule has 5 nitrogen and oxygen atoms in total. The molecule has 0 heterocycles. The molecule has 0 aliphatic heterocycles. The zero-order chi connectivity index (χ0) is 13.7. The number of nitrogens with one attached hydrogen (secondary N) is 1. The summed E-state index contributed by atoms with van der Waals surface area (Å²) >= 11 is 0. The summed E-state index contributed by atoms with van der Waals surface area (Å²) < 4.78 is 0. The first-order chi connectivity index (χ1) is 8.45. The average Bonchev–Trinajstić information content (AvgIpc) is 2.37. The lowest BCUT2D eigenvalue weighted by molar-refractivity contribution is -0.120. The zero-order valence-corrected chi connectivity index (χ0v) is 10.9. The molecule has 0 unspecified atom stereocenters. The number of aromatic hydroxyl groups is 1. The molecule has 2 N–H and O–H groups in total. The van der Waals surface area contributed by atoms with E-state index >= 15 is 0 Å². The number of rotatable bonds is 4. The van der Waals surface area contributed by atoms with Gasteiger partial charge in [0.25, 0.3) is 5.91 Å². The van der Waals surface area contributed by atoms with Gasteiger partial charge in [0.1, 0.15) is 5.75 Å². The Kier molecular flexibility index (Phi) is 4.71. The molecule has 0 aromatic heterocycles. The number of benzene rings is 1. The molecule has 0 saturated heterocycles. The van der Waals surface area contributed by atoms with Crippen LogP contribution in [-0.2, 0) is 4.79 Å². The molecule has 0 aliphatic carbocycles. The van der Waals surface area contributed by atoms with Crippen molar-refractivity contribution in [2.24, 2.45) is 0 Å². The van der Waals surface area contributed by atoms with Crippen molar-refractivity contribution in [1.82, 2.24) is 10.2 Å². The van der Waals surface area contributed by atoms with Gasteiger partial charge in [-0.3, -0.25) is 9.59 Å². The van der Waals surface area contributed by atoms with Crippen molar-refractivity contribution in [3.05, 3.63) is 29.3 Å². The van der Waals surface area contributed by atoms with Crippen molar-refractivity contribution in [1.29, 1.82) is 0 Å². The summed E-state index contributed by atoms with van der Waals surface area (Å²) in [5.41, 5.74) is 1.16. The van der Waals surface area contributed by atoms with Gasteiger partial charge in [-0.25, -0.2) is 0 Å². The predicted molar refractivity (Wildman–Crippen MR) is 68.5 cm³/mol. The summed E-state index contributed by atoms with van der Waals surface area (Å²) in [6.07, 6.45) is 0.274. The van der Waals surface area contributed by atoms with Gasteiger partial charge < -0.3 is 15.3 Å². The number of hydrogen-bond donors (Lipinski definition) is 2. The Morgan fingerprint density at radius 2 is 2.06 bits per heavy atom. The van der Waals surface area contributed by atoms with E-state index in [1.165, 1.54) is 11.0 Å². The molecule has 2 amide bonds. The lowest BCUT2D eigenvalue weighted by Gasteiger charge is -2.17. The van der Waals surface area contributed by atoms with Gasteiger partial charge in [0.05, 0.1) is 0 Å². The Morgan fingerprint density at radius 1 is 1.39 bits per heavy atom. The molecule has 98 valence electrons. The highest BCUT2D eigenvalue weighted by atomic mass is 16.3. The monoisotopic (exact) mass is 250 g/mol. The largest absolute Gasteiger partial charge is 0.508 e. The minimum Gasteiger partial charge on any atom is -0.508 e. The third kappa shape index (κ3) is 3.48. The fourth-order valence-electron chi connectivity index (χ4n) is 1.50. The highest BCUT2D eigenvalue weighted by Gasteiger charge is 2.13. The van der Waals surface area contributed by atoms with Crippen LogP contribution in [0.4, 0.5) is 0 Å². The van der Waals surface area contributed by atoms with E-state index in [1.807, 2.05) is 0 Å². The van der Waals surface area contributed by atoms with E-state index in [0.717, 1.165) is 0 Å². The van der Waals surface area contributed by atoms with Crippen LogP contribution in [0.1, 0.15) is 22.3 Å². The molecule has 1 rings (SSSR count). The second-order valence-electron chi connectivity index (χ2n) is 4.15. The Morgan fingerprint density at radius 3 is 2.61 bits per heavy atom. The van der Waals surface area contributed by atoms with Crippen molar-refractivity contribution < 1.29 is 14.7 Å². The fraction of sp³-hybridized carbons (Fsp3) is 0.385. The van der Waals surface area contributed by atoms with Crippen LogP contribution in [0.25, 0.3) is 0 Å². The van der Waals surface area contributed by atoms with Gasteiger partial charge in [0.15, 0.2) is 0 Å². The highest BCUT2D eigenvalue weighted by molar-refractivity contribution is 5.94. The van der Waals surface area contributed by atoms with Crippen LogP contribution in [-0.4, -0.2) is 42.5 Å². The maximum atomic E-state index is 12.0. The Bertz CT molecular complexity index is 458. The second kappa shape index (κ2) is 6.05. The van der Waals surface area contributed by atoms with E-state index in [4.69, 9.17) is 0 Å². The molecule has 0 atom stereocenters. The summed E-state index contributed by atoms with van der Waals surface area (Å²) in [7, 11) is 3.21. The molecule has 0 bridgehead atoms. The maximum absolute atomic E-state index is 12.0. The van der Waals surface area contributed by atoms with Crippen molar-refractivity contribution >= 4 is 11.8 Å². The Hall–Kier alpha value is -2.04. The fourth-order valence-corrected chi connectivity index (χ4v) is 1.50. The number of phenolic OH excluding ortho intramolecular Hbond substituents is 1. The number of carbonyl (C=O) groups is 2. The minimum absolute atomic E-state index is 0.100. The predicted octanol–water partition coefficient (Wildman–Crippen LogP) is 0.909. The van der Waals surface area contributed by atoms with E-state index in [9.17, 15) is 14.7 Å². The van der Waals surface area contributed by atoms with Crippen LogP contribution in [0.2, 0.25) is 0 Å². The normalized spacial score (nSPS) is 9.94. The molecular weight excluding hydrogens is 232 g/mol. The third-order valence-corrected chi connectivity index (χ3v) is 2.74. The smallest absolute Gasteiger partial charge is 0.253 e. The molecule has 0 saturated carbocycles. The van der Waals surface area contributed by atoms with Crippen LogP contribution in [0.15, 0.2) is 18.2 Å². The molecule has 0 aliphatic rings. The van der Waals surface area contributed by atoms with Gasteiger partial charge in [-0.15, -0.1) is 0 Å². The van der Waals surface area contributed by atoms with Crippen LogP contribution >= 0.6 is 0 Å². The van der Waals surface area contributed by atoms with Crippen molar-refractivity contribution in [3.63, 3.8) is 0 Å². The van der Waals surface area contributed by atoms with E-state index in [2.05, 4.69) is 5.32 Å². The number of carbonyl (C=O) groups excluding carboxylic acids is 2. The third-order valence-electron chi connectivity index (χ3n) is 2.74. The summed E-state index contributed by atoms with van der Waals surface area (Å²) in [6.45, 7) is 2.09. The van der Waals surface area contributed by atoms with Crippen LogP contribution in [0, 0.1) is 6.92 Å². The molecule has 1 aromatic carbocycles. The van der Waals surface area contributed by atoms with E-state index < -0.39 is 0 Å².